The van der Waals surface area contributed by atoms with Crippen LogP contribution in [0.1, 0.15) is 17.5 Å². The summed E-state index contributed by atoms with van der Waals surface area (Å²) in [5.74, 6) is -1.08. The van der Waals surface area contributed by atoms with Gasteiger partial charge in [-0.05, 0) is 30.2 Å². The molecule has 0 aliphatic heterocycles. The smallest absolute Gasteiger partial charge is 0.405 e. The summed E-state index contributed by atoms with van der Waals surface area (Å²) in [4.78, 5) is 11.8. The summed E-state index contributed by atoms with van der Waals surface area (Å²) in [5, 5.41) is 2.53. The number of hydrogen-bond donors (Lipinski definition) is 1. The molecule has 0 heterocycles. The van der Waals surface area contributed by atoms with Crippen LogP contribution in [0.5, 0.6) is 5.75 Å². The topological polar surface area (TPSA) is 38.3 Å². The lowest BCUT2D eigenvalue weighted by molar-refractivity contribution is -0.274. The molecule has 0 spiro atoms. The van der Waals surface area contributed by atoms with Gasteiger partial charge in [-0.2, -0.15) is 0 Å². The van der Waals surface area contributed by atoms with Crippen molar-refractivity contribution in [1.29, 1.82) is 0 Å². The number of benzene rings is 2. The second-order valence-electron chi connectivity index (χ2n) is 5.06. The first-order valence-corrected chi connectivity index (χ1v) is 7.18. The Morgan fingerprint density at radius 1 is 1.08 bits per heavy atom. The Morgan fingerprint density at radius 2 is 1.83 bits per heavy atom. The molecule has 0 bridgehead atoms. The first-order valence-electron chi connectivity index (χ1n) is 7.18. The first-order chi connectivity index (χ1) is 11.3. The third-order valence-electron chi connectivity index (χ3n) is 3.20. The minimum atomic E-state index is -4.79. The van der Waals surface area contributed by atoms with Crippen molar-refractivity contribution >= 4 is 5.91 Å². The molecule has 0 saturated heterocycles. The summed E-state index contributed by atoms with van der Waals surface area (Å²) in [6.07, 6.45) is -4.35. The van der Waals surface area contributed by atoms with Crippen LogP contribution in [0.3, 0.4) is 0 Å². The summed E-state index contributed by atoms with van der Waals surface area (Å²) in [7, 11) is 0. The summed E-state index contributed by atoms with van der Waals surface area (Å²) >= 11 is 0. The van der Waals surface area contributed by atoms with Crippen molar-refractivity contribution in [3.63, 3.8) is 0 Å². The van der Waals surface area contributed by atoms with Crippen LogP contribution in [0.2, 0.25) is 0 Å². The van der Waals surface area contributed by atoms with E-state index in [0.29, 0.717) is 12.0 Å². The van der Waals surface area contributed by atoms with E-state index in [9.17, 15) is 22.4 Å². The standard InChI is InChI=1S/C17H15F4NO2/c18-14-6-3-4-12(10-14)8-9-16(23)22-11-13-5-1-2-7-15(13)24-17(19,20)21/h1-7,10H,8-9,11H2,(H,22,23). The highest BCUT2D eigenvalue weighted by Gasteiger charge is 2.31. The van der Waals surface area contributed by atoms with Gasteiger partial charge in [0.25, 0.3) is 0 Å². The van der Waals surface area contributed by atoms with Crippen molar-refractivity contribution in [1.82, 2.24) is 5.32 Å². The van der Waals surface area contributed by atoms with E-state index >= 15 is 0 Å². The van der Waals surface area contributed by atoms with Crippen LogP contribution in [-0.4, -0.2) is 12.3 Å². The van der Waals surface area contributed by atoms with Gasteiger partial charge in [0.05, 0.1) is 0 Å². The molecule has 2 rings (SSSR count). The van der Waals surface area contributed by atoms with Crippen LogP contribution in [0, 0.1) is 5.82 Å². The largest absolute Gasteiger partial charge is 0.573 e. The van der Waals surface area contributed by atoms with Crippen LogP contribution in [0.4, 0.5) is 17.6 Å². The number of hydrogen-bond acceptors (Lipinski definition) is 2. The van der Waals surface area contributed by atoms with Gasteiger partial charge in [0.2, 0.25) is 5.91 Å². The molecule has 2 aromatic carbocycles. The molecule has 1 amide bonds. The molecular formula is C17H15F4NO2. The predicted molar refractivity (Wildman–Crippen MR) is 79.7 cm³/mol. The second kappa shape index (κ2) is 7.81. The molecule has 0 radical (unpaired) electrons. The van der Waals surface area contributed by atoms with E-state index in [4.69, 9.17) is 0 Å². The van der Waals surface area contributed by atoms with Crippen LogP contribution >= 0.6 is 0 Å². The highest BCUT2D eigenvalue weighted by molar-refractivity contribution is 5.76. The Morgan fingerprint density at radius 3 is 2.54 bits per heavy atom. The summed E-state index contributed by atoms with van der Waals surface area (Å²) in [6.45, 7) is -0.0891. The number of nitrogens with one attached hydrogen (secondary N) is 1. The van der Waals surface area contributed by atoms with Gasteiger partial charge in [0.15, 0.2) is 0 Å². The molecule has 24 heavy (non-hydrogen) atoms. The SMILES string of the molecule is O=C(CCc1cccc(F)c1)NCc1ccccc1OC(F)(F)F. The molecule has 128 valence electrons. The fraction of sp³-hybridized carbons (Fsp3) is 0.235. The van der Waals surface area contributed by atoms with Crippen molar-refractivity contribution in [2.45, 2.75) is 25.7 Å². The van der Waals surface area contributed by atoms with E-state index in [1.165, 1.54) is 30.3 Å². The Hall–Kier alpha value is -2.57. The minimum absolute atomic E-state index is 0.0891. The van der Waals surface area contributed by atoms with E-state index in [0.717, 1.165) is 0 Å². The maximum atomic E-state index is 13.0. The zero-order valence-electron chi connectivity index (χ0n) is 12.6. The van der Waals surface area contributed by atoms with Crippen molar-refractivity contribution in [2.75, 3.05) is 0 Å². The van der Waals surface area contributed by atoms with Crippen molar-refractivity contribution in [3.8, 4) is 5.75 Å². The number of carbonyl (C=O) groups excluding carboxylic acids is 1. The number of ether oxygens (including phenoxy) is 1. The number of rotatable bonds is 6. The van der Waals surface area contributed by atoms with Gasteiger partial charge in [-0.1, -0.05) is 30.3 Å². The van der Waals surface area contributed by atoms with Crippen LogP contribution in [0.25, 0.3) is 0 Å². The molecule has 7 heteroatoms. The number of aryl methyl sites for hydroxylation is 1. The van der Waals surface area contributed by atoms with Crippen molar-refractivity contribution < 1.29 is 27.1 Å². The Balaban J connectivity index is 1.88. The van der Waals surface area contributed by atoms with Gasteiger partial charge in [-0.15, -0.1) is 13.2 Å². The second-order valence-corrected chi connectivity index (χ2v) is 5.06. The number of halogens is 4. The van der Waals surface area contributed by atoms with E-state index in [-0.39, 0.29) is 36.0 Å². The van der Waals surface area contributed by atoms with E-state index in [1.807, 2.05) is 0 Å². The van der Waals surface area contributed by atoms with E-state index in [2.05, 4.69) is 10.1 Å². The normalized spacial score (nSPS) is 11.2. The fourth-order valence-electron chi connectivity index (χ4n) is 2.11. The third-order valence-corrected chi connectivity index (χ3v) is 3.20. The zero-order chi connectivity index (χ0) is 17.6. The molecule has 1 N–H and O–H groups in total. The van der Waals surface area contributed by atoms with E-state index < -0.39 is 6.36 Å². The van der Waals surface area contributed by atoms with Crippen LogP contribution < -0.4 is 10.1 Å². The molecular weight excluding hydrogens is 326 g/mol. The Bertz CT molecular complexity index is 701. The molecule has 0 aliphatic carbocycles. The lowest BCUT2D eigenvalue weighted by Crippen LogP contribution is -2.24. The van der Waals surface area contributed by atoms with Crippen LogP contribution in [-0.2, 0) is 17.8 Å². The van der Waals surface area contributed by atoms with Gasteiger partial charge >= 0.3 is 6.36 Å². The molecule has 0 aromatic heterocycles. The average Bonchev–Trinajstić information content (AvgIpc) is 2.51. The molecule has 0 aliphatic rings. The van der Waals surface area contributed by atoms with Crippen molar-refractivity contribution in [3.05, 3.63) is 65.5 Å². The number of amides is 1. The highest BCUT2D eigenvalue weighted by atomic mass is 19.4. The van der Waals surface area contributed by atoms with Crippen LogP contribution in [0.15, 0.2) is 48.5 Å². The number of para-hydroxylation sites is 1. The van der Waals surface area contributed by atoms with E-state index in [1.54, 1.807) is 18.2 Å². The maximum Gasteiger partial charge on any atom is 0.573 e. The average molecular weight is 341 g/mol. The molecule has 3 nitrogen and oxygen atoms in total. The summed E-state index contributed by atoms with van der Waals surface area (Å²) < 4.78 is 53.9. The highest BCUT2D eigenvalue weighted by Crippen LogP contribution is 2.26. The van der Waals surface area contributed by atoms with Gasteiger partial charge in [0.1, 0.15) is 11.6 Å². The quantitative estimate of drug-likeness (QED) is 0.808. The number of carbonyl (C=O) groups is 1. The van der Waals surface area contributed by atoms with Gasteiger partial charge in [-0.3, -0.25) is 4.79 Å². The van der Waals surface area contributed by atoms with Gasteiger partial charge in [0, 0.05) is 18.5 Å². The summed E-state index contributed by atoms with van der Waals surface area (Å²) in [5.41, 5.74) is 0.889. The van der Waals surface area contributed by atoms with Gasteiger partial charge in [-0.25, -0.2) is 4.39 Å². The predicted octanol–water partition coefficient (Wildman–Crippen LogP) is 3.97. The summed E-state index contributed by atoms with van der Waals surface area (Å²) in [6, 6.07) is 11.5. The molecule has 2 aromatic rings. The lowest BCUT2D eigenvalue weighted by Gasteiger charge is -2.13. The fourth-order valence-corrected chi connectivity index (χ4v) is 2.11. The molecule has 0 atom stereocenters. The first kappa shape index (κ1) is 17.8. The molecule has 0 unspecified atom stereocenters. The maximum absolute atomic E-state index is 13.0. The van der Waals surface area contributed by atoms with Gasteiger partial charge < -0.3 is 10.1 Å². The molecule has 0 saturated carbocycles. The monoisotopic (exact) mass is 341 g/mol. The minimum Gasteiger partial charge on any atom is -0.405 e. The lowest BCUT2D eigenvalue weighted by atomic mass is 10.1. The molecule has 0 fully saturated rings. The zero-order valence-corrected chi connectivity index (χ0v) is 12.6. The number of alkyl halides is 3. The Labute approximate surface area is 136 Å². The third kappa shape index (κ3) is 5.91. The Kier molecular flexibility index (Phi) is 5.78. The van der Waals surface area contributed by atoms with Crippen molar-refractivity contribution in [2.24, 2.45) is 0 Å².